The van der Waals surface area contributed by atoms with E-state index in [1.807, 2.05) is 45.0 Å². The van der Waals surface area contributed by atoms with Gasteiger partial charge in [-0.1, -0.05) is 12.1 Å². The summed E-state index contributed by atoms with van der Waals surface area (Å²) in [5.41, 5.74) is 1.11. The van der Waals surface area contributed by atoms with Gasteiger partial charge in [-0.15, -0.1) is 11.3 Å². The van der Waals surface area contributed by atoms with Crippen LogP contribution in [0.1, 0.15) is 41.9 Å². The molecule has 2 aliphatic rings. The molecule has 0 radical (unpaired) electrons. The number of aryl methyl sites for hydroxylation is 1. The third kappa shape index (κ3) is 3.49. The number of nitrogens with one attached hydrogen (secondary N) is 1. The Labute approximate surface area is 207 Å². The zero-order valence-electron chi connectivity index (χ0n) is 20.0. The van der Waals surface area contributed by atoms with Gasteiger partial charge < -0.3 is 9.64 Å². The Morgan fingerprint density at radius 3 is 2.54 bits per heavy atom. The predicted molar refractivity (Wildman–Crippen MR) is 135 cm³/mol. The molecular weight excluding hydrogens is 464 g/mol. The zero-order chi connectivity index (χ0) is 24.9. The molecule has 3 heterocycles. The number of carbonyl (C=O) groups is 3. The van der Waals surface area contributed by atoms with Crippen LogP contribution >= 0.6 is 11.3 Å². The Balaban J connectivity index is 1.54. The van der Waals surface area contributed by atoms with Gasteiger partial charge >= 0.3 is 0 Å². The summed E-state index contributed by atoms with van der Waals surface area (Å²) in [6.07, 6.45) is 0.387. The number of nitrogens with zero attached hydrogens (tertiary/aromatic N) is 3. The first kappa shape index (κ1) is 23.0. The second-order valence-corrected chi connectivity index (χ2v) is 10.1. The molecule has 35 heavy (non-hydrogen) atoms. The lowest BCUT2D eigenvalue weighted by Crippen LogP contribution is -2.70. The number of methoxy groups -OCH3 is 1. The number of anilines is 2. The van der Waals surface area contributed by atoms with Crippen molar-refractivity contribution in [2.75, 3.05) is 17.3 Å². The molecule has 5 rings (SSSR count). The standard InChI is InChI=1S/C26H26N4O4S/c1-15(2)29-23(32)19-7-5-6-8-20(19)30-21(31)13-14-26(29,30)24(33)28-25-27-22(16(3)35-25)17-9-11-18(34-4)12-10-17/h5-12,15H,13-14H2,1-4H3,(H,27,28,33). The number of amides is 3. The van der Waals surface area contributed by atoms with Gasteiger partial charge in [0.25, 0.3) is 11.8 Å². The van der Waals surface area contributed by atoms with Crippen molar-refractivity contribution in [1.29, 1.82) is 0 Å². The Kier molecular flexibility index (Phi) is 5.59. The largest absolute Gasteiger partial charge is 0.497 e. The van der Waals surface area contributed by atoms with Crippen LogP contribution in [0.2, 0.25) is 0 Å². The number of para-hydroxylation sites is 1. The summed E-state index contributed by atoms with van der Waals surface area (Å²) < 4.78 is 5.23. The van der Waals surface area contributed by atoms with E-state index >= 15 is 0 Å². The smallest absolute Gasteiger partial charge is 0.273 e. The minimum absolute atomic E-state index is 0.173. The monoisotopic (exact) mass is 490 g/mol. The highest BCUT2D eigenvalue weighted by Gasteiger charge is 2.61. The molecule has 3 aromatic rings. The van der Waals surface area contributed by atoms with Gasteiger partial charge in [-0.05, 0) is 57.2 Å². The average molecular weight is 491 g/mol. The number of hydrogen-bond donors (Lipinski definition) is 1. The number of hydrogen-bond acceptors (Lipinski definition) is 6. The molecular formula is C26H26N4O4S. The summed E-state index contributed by atoms with van der Waals surface area (Å²) >= 11 is 1.36. The van der Waals surface area contributed by atoms with E-state index < -0.39 is 11.6 Å². The van der Waals surface area contributed by atoms with E-state index in [4.69, 9.17) is 4.74 Å². The Hall–Kier alpha value is -3.72. The minimum atomic E-state index is -1.45. The van der Waals surface area contributed by atoms with Crippen molar-refractivity contribution in [1.82, 2.24) is 9.88 Å². The van der Waals surface area contributed by atoms with E-state index in [2.05, 4.69) is 10.3 Å². The second kappa shape index (κ2) is 8.49. The number of rotatable bonds is 5. The fourth-order valence-electron chi connectivity index (χ4n) is 5.07. The summed E-state index contributed by atoms with van der Waals surface area (Å²) in [5, 5.41) is 3.36. The molecule has 1 fully saturated rings. The van der Waals surface area contributed by atoms with E-state index in [1.54, 1.807) is 36.3 Å². The van der Waals surface area contributed by atoms with Crippen molar-refractivity contribution >= 4 is 39.9 Å². The van der Waals surface area contributed by atoms with Crippen molar-refractivity contribution in [3.05, 3.63) is 59.0 Å². The van der Waals surface area contributed by atoms with E-state index in [0.29, 0.717) is 16.4 Å². The molecule has 0 spiro atoms. The minimum Gasteiger partial charge on any atom is -0.497 e. The maximum absolute atomic E-state index is 14.0. The fraction of sp³-hybridized carbons (Fsp3) is 0.308. The quantitative estimate of drug-likeness (QED) is 0.570. The van der Waals surface area contributed by atoms with Gasteiger partial charge in [0.15, 0.2) is 5.13 Å². The highest BCUT2D eigenvalue weighted by molar-refractivity contribution is 7.16. The molecule has 3 amide bonds. The highest BCUT2D eigenvalue weighted by Crippen LogP contribution is 2.46. The van der Waals surface area contributed by atoms with Gasteiger partial charge in [0.05, 0.1) is 24.1 Å². The molecule has 0 aliphatic carbocycles. The van der Waals surface area contributed by atoms with Crippen molar-refractivity contribution in [3.63, 3.8) is 0 Å². The number of aromatic nitrogens is 1. The van der Waals surface area contributed by atoms with Gasteiger partial charge in [-0.25, -0.2) is 4.98 Å². The molecule has 1 unspecified atom stereocenters. The van der Waals surface area contributed by atoms with Gasteiger partial charge in [-0.2, -0.15) is 0 Å². The number of fused-ring (bicyclic) bond motifs is 3. The maximum atomic E-state index is 14.0. The van der Waals surface area contributed by atoms with E-state index in [1.165, 1.54) is 16.2 Å². The van der Waals surface area contributed by atoms with Gasteiger partial charge in [-0.3, -0.25) is 24.6 Å². The number of ether oxygens (including phenoxy) is 1. The third-order valence-electron chi connectivity index (χ3n) is 6.56. The third-order valence-corrected chi connectivity index (χ3v) is 7.45. The van der Waals surface area contributed by atoms with Crippen LogP contribution in [0.25, 0.3) is 11.3 Å². The van der Waals surface area contributed by atoms with Crippen LogP contribution in [0, 0.1) is 6.92 Å². The van der Waals surface area contributed by atoms with Crippen LogP contribution in [-0.2, 0) is 9.59 Å². The first-order valence-electron chi connectivity index (χ1n) is 11.5. The molecule has 9 heteroatoms. The van der Waals surface area contributed by atoms with Crippen LogP contribution in [0.4, 0.5) is 10.8 Å². The van der Waals surface area contributed by atoms with Gasteiger partial charge in [0, 0.05) is 29.3 Å². The molecule has 1 N–H and O–H groups in total. The molecule has 180 valence electrons. The molecule has 1 saturated heterocycles. The SMILES string of the molecule is COc1ccc(-c2nc(NC(=O)C34CCC(=O)N3c3ccccc3C(=O)N4C(C)C)sc2C)cc1. The molecule has 1 aromatic heterocycles. The Morgan fingerprint density at radius 2 is 1.86 bits per heavy atom. The topological polar surface area (TPSA) is 91.8 Å². The maximum Gasteiger partial charge on any atom is 0.273 e. The van der Waals surface area contributed by atoms with Crippen molar-refractivity contribution < 1.29 is 19.1 Å². The molecule has 8 nitrogen and oxygen atoms in total. The first-order valence-corrected chi connectivity index (χ1v) is 12.3. The summed E-state index contributed by atoms with van der Waals surface area (Å²) in [4.78, 5) is 49.3. The molecule has 2 aliphatic heterocycles. The lowest BCUT2D eigenvalue weighted by molar-refractivity contribution is -0.129. The number of benzene rings is 2. The number of thiazole rings is 1. The summed E-state index contributed by atoms with van der Waals surface area (Å²) in [6.45, 7) is 5.66. The van der Waals surface area contributed by atoms with E-state index in [9.17, 15) is 14.4 Å². The second-order valence-electron chi connectivity index (χ2n) is 8.94. The van der Waals surface area contributed by atoms with Gasteiger partial charge in [0.1, 0.15) is 5.75 Å². The van der Waals surface area contributed by atoms with Crippen molar-refractivity contribution in [3.8, 4) is 17.0 Å². The first-order chi connectivity index (χ1) is 16.8. The summed E-state index contributed by atoms with van der Waals surface area (Å²) in [6, 6.07) is 14.2. The van der Waals surface area contributed by atoms with Crippen molar-refractivity contribution in [2.24, 2.45) is 0 Å². The van der Waals surface area contributed by atoms with Crippen LogP contribution in [0.15, 0.2) is 48.5 Å². The molecule has 2 aromatic carbocycles. The lowest BCUT2D eigenvalue weighted by atomic mass is 9.94. The average Bonchev–Trinajstić information content (AvgIpc) is 3.39. The van der Waals surface area contributed by atoms with Gasteiger partial charge in [0.2, 0.25) is 11.6 Å². The Morgan fingerprint density at radius 1 is 1.14 bits per heavy atom. The lowest BCUT2D eigenvalue weighted by Gasteiger charge is -2.50. The van der Waals surface area contributed by atoms with E-state index in [-0.39, 0.29) is 30.7 Å². The van der Waals surface area contributed by atoms with Crippen LogP contribution in [-0.4, -0.2) is 46.4 Å². The van der Waals surface area contributed by atoms with E-state index in [0.717, 1.165) is 21.9 Å². The van der Waals surface area contributed by atoms with Crippen molar-refractivity contribution in [2.45, 2.75) is 45.3 Å². The van der Waals surface area contributed by atoms with Crippen LogP contribution in [0.3, 0.4) is 0 Å². The van der Waals surface area contributed by atoms with Crippen LogP contribution < -0.4 is 15.0 Å². The highest BCUT2D eigenvalue weighted by atomic mass is 32.1. The van der Waals surface area contributed by atoms with Crippen LogP contribution in [0.5, 0.6) is 5.75 Å². The fourth-order valence-corrected chi connectivity index (χ4v) is 5.90. The normalized spacial score (nSPS) is 19.1. The Bertz CT molecular complexity index is 1330. The molecule has 0 bridgehead atoms. The molecule has 0 saturated carbocycles. The summed E-state index contributed by atoms with van der Waals surface area (Å²) in [5.74, 6) is -0.128. The summed E-state index contributed by atoms with van der Waals surface area (Å²) in [7, 11) is 1.61. The predicted octanol–water partition coefficient (Wildman–Crippen LogP) is 4.45. The molecule has 1 atom stereocenters. The zero-order valence-corrected chi connectivity index (χ0v) is 20.8. The number of carbonyl (C=O) groups excluding carboxylic acids is 3.